The van der Waals surface area contributed by atoms with Crippen molar-refractivity contribution in [3.8, 4) is 5.75 Å². The van der Waals surface area contributed by atoms with Gasteiger partial charge in [0, 0.05) is 12.7 Å². The Morgan fingerprint density at radius 3 is 3.12 bits per heavy atom. The zero-order chi connectivity index (χ0) is 17.2. The predicted molar refractivity (Wildman–Crippen MR) is 85.9 cm³/mol. The van der Waals surface area contributed by atoms with Gasteiger partial charge in [0.25, 0.3) is 0 Å². The Labute approximate surface area is 145 Å². The summed E-state index contributed by atoms with van der Waals surface area (Å²) < 4.78 is 17.0. The second-order valence-corrected chi connectivity index (χ2v) is 6.32. The molecule has 8 heteroatoms. The number of fused-ring (bicyclic) bond motifs is 1. The molecular weight excluding hydrogens is 324 g/mol. The largest absolute Gasteiger partial charge is 0.486 e. The van der Waals surface area contributed by atoms with Crippen LogP contribution in [0.25, 0.3) is 0 Å². The summed E-state index contributed by atoms with van der Waals surface area (Å²) in [4.78, 5) is 22.7. The van der Waals surface area contributed by atoms with E-state index in [1.165, 1.54) is 0 Å². The third-order valence-electron chi connectivity index (χ3n) is 4.65. The molecule has 0 aromatic carbocycles. The third-order valence-corrected chi connectivity index (χ3v) is 4.65. The number of hydrogen-bond donors (Lipinski definition) is 0. The van der Waals surface area contributed by atoms with E-state index in [1.54, 1.807) is 19.3 Å². The SMILES string of the molecule is Cc1noc(CC(=O)N2CCO[C@H]3[C@H](Oc4cccnc4)CC[C@@H]32)n1. The highest BCUT2D eigenvalue weighted by Crippen LogP contribution is 2.33. The summed E-state index contributed by atoms with van der Waals surface area (Å²) >= 11 is 0. The van der Waals surface area contributed by atoms with Crippen LogP contribution in [-0.4, -0.2) is 57.3 Å². The van der Waals surface area contributed by atoms with Gasteiger partial charge >= 0.3 is 0 Å². The lowest BCUT2D eigenvalue weighted by atomic mass is 10.1. The van der Waals surface area contributed by atoms with E-state index in [1.807, 2.05) is 17.0 Å². The first kappa shape index (κ1) is 16.0. The Hall–Kier alpha value is -2.48. The minimum atomic E-state index is -0.123. The Balaban J connectivity index is 1.43. The third kappa shape index (κ3) is 3.34. The number of ether oxygens (including phenoxy) is 2. The molecule has 2 aliphatic rings. The van der Waals surface area contributed by atoms with E-state index < -0.39 is 0 Å². The summed E-state index contributed by atoms with van der Waals surface area (Å²) in [7, 11) is 0. The Morgan fingerprint density at radius 2 is 2.36 bits per heavy atom. The molecule has 25 heavy (non-hydrogen) atoms. The van der Waals surface area contributed by atoms with Gasteiger partial charge in [0.1, 0.15) is 24.4 Å². The van der Waals surface area contributed by atoms with Crippen molar-refractivity contribution in [2.45, 2.75) is 44.4 Å². The lowest BCUT2D eigenvalue weighted by molar-refractivity contribution is -0.147. The number of aryl methyl sites for hydroxylation is 1. The molecule has 8 nitrogen and oxygen atoms in total. The van der Waals surface area contributed by atoms with Crippen molar-refractivity contribution in [3.63, 3.8) is 0 Å². The molecule has 0 unspecified atom stereocenters. The Morgan fingerprint density at radius 1 is 1.44 bits per heavy atom. The van der Waals surface area contributed by atoms with E-state index in [-0.39, 0.29) is 30.6 Å². The van der Waals surface area contributed by atoms with Crippen LogP contribution in [0.5, 0.6) is 5.75 Å². The zero-order valence-corrected chi connectivity index (χ0v) is 14.0. The van der Waals surface area contributed by atoms with Crippen molar-refractivity contribution in [2.75, 3.05) is 13.2 Å². The van der Waals surface area contributed by atoms with Gasteiger partial charge in [0.2, 0.25) is 11.8 Å². The minimum absolute atomic E-state index is 0.0102. The molecule has 1 amide bonds. The van der Waals surface area contributed by atoms with Gasteiger partial charge in [-0.25, -0.2) is 0 Å². The quantitative estimate of drug-likeness (QED) is 0.822. The van der Waals surface area contributed by atoms with Crippen molar-refractivity contribution in [1.29, 1.82) is 0 Å². The van der Waals surface area contributed by atoms with E-state index >= 15 is 0 Å². The highest BCUT2D eigenvalue weighted by Gasteiger charge is 2.45. The van der Waals surface area contributed by atoms with Crippen LogP contribution < -0.4 is 4.74 Å². The van der Waals surface area contributed by atoms with E-state index in [4.69, 9.17) is 14.0 Å². The van der Waals surface area contributed by atoms with Crippen LogP contribution in [0.4, 0.5) is 0 Å². The topological polar surface area (TPSA) is 90.6 Å². The van der Waals surface area contributed by atoms with E-state index in [9.17, 15) is 4.79 Å². The number of amides is 1. The fraction of sp³-hybridized carbons (Fsp3) is 0.529. The molecule has 3 heterocycles. The number of aromatic nitrogens is 3. The lowest BCUT2D eigenvalue weighted by Gasteiger charge is -2.38. The van der Waals surface area contributed by atoms with Gasteiger partial charge in [-0.15, -0.1) is 0 Å². The van der Waals surface area contributed by atoms with E-state index in [0.717, 1.165) is 18.6 Å². The first-order valence-electron chi connectivity index (χ1n) is 8.47. The van der Waals surface area contributed by atoms with Gasteiger partial charge in [-0.05, 0) is 31.9 Å². The summed E-state index contributed by atoms with van der Waals surface area (Å²) in [5.41, 5.74) is 0. The average molecular weight is 344 g/mol. The predicted octanol–water partition coefficient (Wildman–Crippen LogP) is 1.15. The molecule has 0 N–H and O–H groups in total. The normalized spacial score (nSPS) is 25.6. The first-order valence-corrected chi connectivity index (χ1v) is 8.47. The molecule has 0 bridgehead atoms. The highest BCUT2D eigenvalue weighted by molar-refractivity contribution is 5.78. The Kier molecular flexibility index (Phi) is 4.35. The molecule has 0 spiro atoms. The van der Waals surface area contributed by atoms with Crippen LogP contribution in [0.15, 0.2) is 29.0 Å². The van der Waals surface area contributed by atoms with E-state index in [0.29, 0.717) is 24.9 Å². The van der Waals surface area contributed by atoms with Crippen LogP contribution in [0.1, 0.15) is 24.6 Å². The van der Waals surface area contributed by atoms with Crippen molar-refractivity contribution in [2.24, 2.45) is 0 Å². The van der Waals surface area contributed by atoms with Crippen LogP contribution >= 0.6 is 0 Å². The smallest absolute Gasteiger partial charge is 0.236 e. The molecule has 4 rings (SSSR count). The lowest BCUT2D eigenvalue weighted by Crippen LogP contribution is -2.54. The molecule has 2 fully saturated rings. The number of rotatable bonds is 4. The zero-order valence-electron chi connectivity index (χ0n) is 14.0. The summed E-state index contributed by atoms with van der Waals surface area (Å²) in [6.07, 6.45) is 5.02. The number of nitrogens with zero attached hydrogens (tertiary/aromatic N) is 4. The average Bonchev–Trinajstić information content (AvgIpc) is 3.22. The Bertz CT molecular complexity index is 735. The number of carbonyl (C=O) groups is 1. The monoisotopic (exact) mass is 344 g/mol. The van der Waals surface area contributed by atoms with Crippen LogP contribution in [0, 0.1) is 6.92 Å². The summed E-state index contributed by atoms with van der Waals surface area (Å²) in [6.45, 7) is 2.81. The fourth-order valence-corrected chi connectivity index (χ4v) is 3.59. The molecular formula is C17H20N4O4. The second kappa shape index (κ2) is 6.79. The van der Waals surface area contributed by atoms with Crippen LogP contribution in [-0.2, 0) is 16.0 Å². The minimum Gasteiger partial charge on any atom is -0.486 e. The van der Waals surface area contributed by atoms with Crippen molar-refractivity contribution in [1.82, 2.24) is 20.0 Å². The van der Waals surface area contributed by atoms with Gasteiger partial charge in [0.15, 0.2) is 5.82 Å². The standard InChI is InChI=1S/C17H20N4O4/c1-11-19-15(25-20-11)9-16(22)21-7-8-23-17-13(21)4-5-14(17)24-12-3-2-6-18-10-12/h2-3,6,10,13-14,17H,4-5,7-9H2,1H3/t13-,14+,17+/m0/s1. The molecule has 132 valence electrons. The fourth-order valence-electron chi connectivity index (χ4n) is 3.59. The molecule has 2 aromatic heterocycles. The molecule has 1 aliphatic heterocycles. The number of morpholine rings is 1. The molecule has 1 saturated carbocycles. The molecule has 2 aromatic rings. The van der Waals surface area contributed by atoms with E-state index in [2.05, 4.69) is 15.1 Å². The number of pyridine rings is 1. The van der Waals surface area contributed by atoms with Crippen molar-refractivity contribution in [3.05, 3.63) is 36.2 Å². The maximum absolute atomic E-state index is 12.7. The maximum atomic E-state index is 12.7. The van der Waals surface area contributed by atoms with Gasteiger partial charge in [-0.1, -0.05) is 5.16 Å². The van der Waals surface area contributed by atoms with Crippen molar-refractivity contribution < 1.29 is 18.8 Å². The summed E-state index contributed by atoms with van der Waals surface area (Å²) in [6, 6.07) is 3.74. The molecule has 1 aliphatic carbocycles. The van der Waals surface area contributed by atoms with Gasteiger partial charge in [-0.3, -0.25) is 9.78 Å². The van der Waals surface area contributed by atoms with Crippen LogP contribution in [0.3, 0.4) is 0 Å². The molecule has 1 saturated heterocycles. The van der Waals surface area contributed by atoms with Gasteiger partial charge in [0.05, 0.1) is 18.8 Å². The van der Waals surface area contributed by atoms with Gasteiger partial charge in [-0.2, -0.15) is 4.98 Å². The summed E-state index contributed by atoms with van der Waals surface area (Å²) in [5.74, 6) is 1.60. The maximum Gasteiger partial charge on any atom is 0.236 e. The highest BCUT2D eigenvalue weighted by atomic mass is 16.5. The molecule has 3 atom stereocenters. The summed E-state index contributed by atoms with van der Waals surface area (Å²) in [5, 5.41) is 3.73. The van der Waals surface area contributed by atoms with Crippen LogP contribution in [0.2, 0.25) is 0 Å². The van der Waals surface area contributed by atoms with Gasteiger partial charge < -0.3 is 18.9 Å². The van der Waals surface area contributed by atoms with Crippen molar-refractivity contribution >= 4 is 5.91 Å². The number of hydrogen-bond acceptors (Lipinski definition) is 7. The first-order chi connectivity index (χ1) is 12.2. The molecule has 0 radical (unpaired) electrons. The second-order valence-electron chi connectivity index (χ2n) is 6.32. The number of carbonyl (C=O) groups excluding carboxylic acids is 1.